The van der Waals surface area contributed by atoms with Gasteiger partial charge in [0.15, 0.2) is 5.82 Å². The summed E-state index contributed by atoms with van der Waals surface area (Å²) in [6.45, 7) is 9.44. The molecule has 1 aromatic heterocycles. The molecule has 9 aromatic carbocycles. The van der Waals surface area contributed by atoms with Gasteiger partial charge in [-0.15, -0.1) is 0 Å². The Balaban J connectivity index is 1.01. The summed E-state index contributed by atoms with van der Waals surface area (Å²) in [6.07, 6.45) is 0. The van der Waals surface area contributed by atoms with Gasteiger partial charge in [-0.05, 0) is 100 Å². The molecular weight excluding hydrogens is 749 g/mol. The molecule has 0 N–H and O–H groups in total. The summed E-state index contributed by atoms with van der Waals surface area (Å²) in [6, 6.07) is 71.0. The molecule has 0 unspecified atom stereocenters. The Kier molecular flexibility index (Phi) is 7.96. The van der Waals surface area contributed by atoms with Crippen LogP contribution in [0.5, 0.6) is 0 Å². The average molecular weight is 793 g/mol. The number of hydrogen-bond donors (Lipinski definition) is 0. The van der Waals surface area contributed by atoms with E-state index in [9.17, 15) is 0 Å². The van der Waals surface area contributed by atoms with Crippen LogP contribution in [0.2, 0.25) is 0 Å². The standard InChI is InChI=1S/C60H44N2/c1-59(2)50-29-13-12-25-47(50)56-48(27-16-30-51(56)59)54-36-53(61-58(62-54)38-18-6-5-7-19-38)46-33-32-41(44-23-10-11-24-45(44)46)39-20-14-21-40(35-39)43-26-15-28-49-55-42-22-9-8-17-37(42)31-34-52(55)60(3,4)57(43)49/h5-36H,1-4H3. The smallest absolute Gasteiger partial charge is 0.160 e. The van der Waals surface area contributed by atoms with E-state index >= 15 is 0 Å². The summed E-state index contributed by atoms with van der Waals surface area (Å²) in [5, 5.41) is 4.96. The largest absolute Gasteiger partial charge is 0.228 e. The van der Waals surface area contributed by atoms with Crippen LogP contribution in [-0.4, -0.2) is 9.97 Å². The Labute approximate surface area is 363 Å². The zero-order valence-electron chi connectivity index (χ0n) is 35.4. The van der Waals surface area contributed by atoms with E-state index in [0.717, 1.165) is 39.3 Å². The molecule has 0 radical (unpaired) electrons. The third-order valence-corrected chi connectivity index (χ3v) is 13.9. The highest BCUT2D eigenvalue weighted by Gasteiger charge is 2.39. The molecule has 0 spiro atoms. The highest BCUT2D eigenvalue weighted by atomic mass is 14.9. The maximum absolute atomic E-state index is 5.34. The summed E-state index contributed by atoms with van der Waals surface area (Å²) >= 11 is 0. The maximum Gasteiger partial charge on any atom is 0.160 e. The van der Waals surface area contributed by atoms with Crippen LogP contribution in [-0.2, 0) is 10.8 Å². The van der Waals surface area contributed by atoms with E-state index in [0.29, 0.717) is 0 Å². The van der Waals surface area contributed by atoms with Gasteiger partial charge >= 0.3 is 0 Å². The van der Waals surface area contributed by atoms with Gasteiger partial charge < -0.3 is 0 Å². The molecule has 0 aliphatic heterocycles. The van der Waals surface area contributed by atoms with Gasteiger partial charge in [-0.2, -0.15) is 0 Å². The predicted molar refractivity (Wildman–Crippen MR) is 259 cm³/mol. The zero-order valence-corrected chi connectivity index (χ0v) is 35.4. The van der Waals surface area contributed by atoms with Gasteiger partial charge in [0, 0.05) is 27.5 Å². The number of fused-ring (bicyclic) bond motifs is 9. The lowest BCUT2D eigenvalue weighted by molar-refractivity contribution is 0.660. The molecule has 62 heavy (non-hydrogen) atoms. The van der Waals surface area contributed by atoms with Crippen LogP contribution in [0.25, 0.3) is 100.0 Å². The first-order chi connectivity index (χ1) is 30.3. The van der Waals surface area contributed by atoms with Crippen molar-refractivity contribution in [2.75, 3.05) is 0 Å². The van der Waals surface area contributed by atoms with Crippen molar-refractivity contribution < 1.29 is 0 Å². The van der Waals surface area contributed by atoms with Gasteiger partial charge in [-0.3, -0.25) is 0 Å². The van der Waals surface area contributed by atoms with Crippen LogP contribution in [0.3, 0.4) is 0 Å². The second-order valence-electron chi connectivity index (χ2n) is 18.1. The van der Waals surface area contributed by atoms with Crippen molar-refractivity contribution >= 4 is 21.5 Å². The van der Waals surface area contributed by atoms with E-state index in [1.807, 2.05) is 6.07 Å². The maximum atomic E-state index is 5.34. The van der Waals surface area contributed by atoms with E-state index in [1.54, 1.807) is 0 Å². The van der Waals surface area contributed by atoms with Crippen LogP contribution in [0, 0.1) is 0 Å². The number of benzene rings is 9. The molecule has 294 valence electrons. The first-order valence-corrected chi connectivity index (χ1v) is 21.7. The second-order valence-corrected chi connectivity index (χ2v) is 18.1. The van der Waals surface area contributed by atoms with Crippen LogP contribution in [0.4, 0.5) is 0 Å². The van der Waals surface area contributed by atoms with Crippen molar-refractivity contribution in [2.45, 2.75) is 38.5 Å². The first-order valence-electron chi connectivity index (χ1n) is 21.7. The summed E-state index contributed by atoms with van der Waals surface area (Å²) in [5.74, 6) is 0.718. The van der Waals surface area contributed by atoms with Crippen LogP contribution in [0.1, 0.15) is 49.9 Å². The third kappa shape index (κ3) is 5.36. The quantitative estimate of drug-likeness (QED) is 0.173. The van der Waals surface area contributed by atoms with Crippen molar-refractivity contribution in [1.82, 2.24) is 9.97 Å². The van der Waals surface area contributed by atoms with E-state index in [4.69, 9.17) is 9.97 Å². The molecular formula is C60H44N2. The molecule has 0 bridgehead atoms. The molecule has 2 nitrogen and oxygen atoms in total. The van der Waals surface area contributed by atoms with Gasteiger partial charge in [0.05, 0.1) is 11.4 Å². The normalized spacial score (nSPS) is 14.1. The highest BCUT2D eigenvalue weighted by molar-refractivity contribution is 6.07. The molecule has 0 saturated heterocycles. The van der Waals surface area contributed by atoms with Crippen molar-refractivity contribution in [3.8, 4) is 78.4 Å². The van der Waals surface area contributed by atoms with E-state index in [2.05, 4.69) is 216 Å². The van der Waals surface area contributed by atoms with Crippen LogP contribution in [0.15, 0.2) is 194 Å². The Morgan fingerprint density at radius 1 is 0.323 bits per heavy atom. The van der Waals surface area contributed by atoms with Crippen LogP contribution >= 0.6 is 0 Å². The Bertz CT molecular complexity index is 3460. The summed E-state index contributed by atoms with van der Waals surface area (Å²) < 4.78 is 0. The molecule has 10 aromatic rings. The molecule has 1 heterocycles. The third-order valence-electron chi connectivity index (χ3n) is 13.9. The SMILES string of the molecule is CC1(C)c2ccccc2-c2c(-c3cc(-c4ccc(-c5cccc(-c6cccc7c6C(C)(C)c6ccc8ccccc8c6-7)c5)c5ccccc45)nc(-c4ccccc4)n3)cccc21. The summed E-state index contributed by atoms with van der Waals surface area (Å²) in [7, 11) is 0. The van der Waals surface area contributed by atoms with Gasteiger partial charge in [0.2, 0.25) is 0 Å². The van der Waals surface area contributed by atoms with Crippen molar-refractivity contribution in [3.63, 3.8) is 0 Å². The molecule has 2 heteroatoms. The van der Waals surface area contributed by atoms with Crippen molar-refractivity contribution in [2.24, 2.45) is 0 Å². The number of aromatic nitrogens is 2. The molecule has 0 saturated carbocycles. The minimum absolute atomic E-state index is 0.111. The van der Waals surface area contributed by atoms with E-state index < -0.39 is 0 Å². The van der Waals surface area contributed by atoms with E-state index in [1.165, 1.54) is 82.9 Å². The van der Waals surface area contributed by atoms with Crippen molar-refractivity contribution in [1.29, 1.82) is 0 Å². The zero-order chi connectivity index (χ0) is 41.7. The molecule has 0 amide bonds. The second kappa shape index (κ2) is 13.5. The topological polar surface area (TPSA) is 25.8 Å². The van der Waals surface area contributed by atoms with Gasteiger partial charge in [0.25, 0.3) is 0 Å². The minimum atomic E-state index is -0.149. The molecule has 2 aliphatic carbocycles. The summed E-state index contributed by atoms with van der Waals surface area (Å²) in [4.78, 5) is 10.7. The molecule has 0 atom stereocenters. The minimum Gasteiger partial charge on any atom is -0.228 e. The van der Waals surface area contributed by atoms with Gasteiger partial charge in [-0.25, -0.2) is 9.97 Å². The number of rotatable bonds is 5. The molecule has 12 rings (SSSR count). The Morgan fingerprint density at radius 3 is 1.69 bits per heavy atom. The Hall–Kier alpha value is -7.42. The fourth-order valence-corrected chi connectivity index (χ4v) is 10.9. The van der Waals surface area contributed by atoms with Gasteiger partial charge in [-0.1, -0.05) is 210 Å². The lowest BCUT2D eigenvalue weighted by Gasteiger charge is -2.25. The number of nitrogens with zero attached hydrogens (tertiary/aromatic N) is 2. The lowest BCUT2D eigenvalue weighted by atomic mass is 9.78. The fourth-order valence-electron chi connectivity index (χ4n) is 10.9. The predicted octanol–water partition coefficient (Wildman–Crippen LogP) is 15.7. The molecule has 2 aliphatic rings. The van der Waals surface area contributed by atoms with Gasteiger partial charge in [0.1, 0.15) is 0 Å². The first kappa shape index (κ1) is 36.4. The van der Waals surface area contributed by atoms with Crippen molar-refractivity contribution in [3.05, 3.63) is 216 Å². The average Bonchev–Trinajstić information content (AvgIpc) is 3.71. The Morgan fingerprint density at radius 2 is 0.871 bits per heavy atom. The number of hydrogen-bond acceptors (Lipinski definition) is 2. The fraction of sp³-hybridized carbons (Fsp3) is 0.100. The molecule has 0 fully saturated rings. The van der Waals surface area contributed by atoms with E-state index in [-0.39, 0.29) is 10.8 Å². The summed E-state index contributed by atoms with van der Waals surface area (Å²) in [5.41, 5.74) is 20.4. The monoisotopic (exact) mass is 792 g/mol. The lowest BCUT2D eigenvalue weighted by Crippen LogP contribution is -2.16. The van der Waals surface area contributed by atoms with Crippen LogP contribution < -0.4 is 0 Å². The highest BCUT2D eigenvalue weighted by Crippen LogP contribution is 2.55.